The van der Waals surface area contributed by atoms with Crippen LogP contribution in [0.2, 0.25) is 0 Å². The van der Waals surface area contributed by atoms with Crippen molar-refractivity contribution in [2.75, 3.05) is 6.61 Å². The summed E-state index contributed by atoms with van der Waals surface area (Å²) in [5.74, 6) is 1.33. The lowest BCUT2D eigenvalue weighted by atomic mass is 10.2. The highest BCUT2D eigenvalue weighted by atomic mass is 16.5. The van der Waals surface area contributed by atoms with Crippen molar-refractivity contribution in [2.45, 2.75) is 6.92 Å². The number of oxazole rings is 1. The van der Waals surface area contributed by atoms with Crippen molar-refractivity contribution in [1.29, 1.82) is 0 Å². The van der Waals surface area contributed by atoms with Gasteiger partial charge in [0.2, 0.25) is 5.89 Å². The minimum Gasteiger partial charge on any atom is -0.493 e. The lowest BCUT2D eigenvalue weighted by Crippen LogP contribution is -1.93. The first kappa shape index (κ1) is 8.81. The quantitative estimate of drug-likeness (QED) is 0.742. The molecule has 1 radical (unpaired) electrons. The number of benzene rings is 1. The van der Waals surface area contributed by atoms with Gasteiger partial charge in [-0.3, -0.25) is 0 Å². The molecule has 0 atom stereocenters. The van der Waals surface area contributed by atoms with Crippen LogP contribution in [-0.4, -0.2) is 11.6 Å². The molecule has 2 rings (SSSR count). The van der Waals surface area contributed by atoms with E-state index in [1.807, 2.05) is 13.0 Å². The molecule has 1 heterocycles. The molecule has 2 aromatic rings. The van der Waals surface area contributed by atoms with E-state index in [1.54, 1.807) is 18.3 Å². The fourth-order valence-electron chi connectivity index (χ4n) is 1.22. The van der Waals surface area contributed by atoms with E-state index in [9.17, 15) is 0 Å². The molecule has 0 fully saturated rings. The van der Waals surface area contributed by atoms with Gasteiger partial charge in [-0.1, -0.05) is 6.07 Å². The molecule has 14 heavy (non-hydrogen) atoms. The van der Waals surface area contributed by atoms with Crippen LogP contribution in [0, 0.1) is 6.07 Å². The van der Waals surface area contributed by atoms with Crippen molar-refractivity contribution < 1.29 is 9.15 Å². The Morgan fingerprint density at radius 2 is 2.50 bits per heavy atom. The number of aromatic nitrogens is 1. The van der Waals surface area contributed by atoms with Crippen molar-refractivity contribution in [3.63, 3.8) is 0 Å². The molecule has 3 nitrogen and oxygen atoms in total. The highest BCUT2D eigenvalue weighted by molar-refractivity contribution is 5.62. The SMILES string of the molecule is CCOc1cc[c]cc1-c1ncco1. The molecule has 1 aromatic carbocycles. The third-order valence-electron chi connectivity index (χ3n) is 1.79. The van der Waals surface area contributed by atoms with Gasteiger partial charge in [0.05, 0.1) is 18.4 Å². The van der Waals surface area contributed by atoms with Crippen LogP contribution in [0.5, 0.6) is 5.75 Å². The number of rotatable bonds is 3. The zero-order valence-electron chi connectivity index (χ0n) is 7.86. The van der Waals surface area contributed by atoms with Crippen molar-refractivity contribution in [2.24, 2.45) is 0 Å². The number of hydrogen-bond acceptors (Lipinski definition) is 3. The van der Waals surface area contributed by atoms with Crippen LogP contribution in [0.3, 0.4) is 0 Å². The molecule has 3 heteroatoms. The molecular weight excluding hydrogens is 178 g/mol. The lowest BCUT2D eigenvalue weighted by molar-refractivity contribution is 0.340. The molecule has 0 N–H and O–H groups in total. The van der Waals surface area contributed by atoms with Crippen LogP contribution in [0.25, 0.3) is 11.5 Å². The number of nitrogens with zero attached hydrogens (tertiary/aromatic N) is 1. The van der Waals surface area contributed by atoms with Gasteiger partial charge >= 0.3 is 0 Å². The Labute approximate surface area is 82.3 Å². The van der Waals surface area contributed by atoms with E-state index in [1.165, 1.54) is 6.26 Å². The lowest BCUT2D eigenvalue weighted by Gasteiger charge is -2.05. The van der Waals surface area contributed by atoms with Gasteiger partial charge in [0.1, 0.15) is 12.0 Å². The molecule has 0 spiro atoms. The summed E-state index contributed by atoms with van der Waals surface area (Å²) in [6.07, 6.45) is 3.15. The zero-order chi connectivity index (χ0) is 9.80. The molecule has 0 aliphatic carbocycles. The average molecular weight is 188 g/mol. The molecule has 0 aliphatic heterocycles. The molecule has 0 bridgehead atoms. The maximum absolute atomic E-state index is 5.44. The van der Waals surface area contributed by atoms with Gasteiger partial charge in [0, 0.05) is 0 Å². The normalized spacial score (nSPS) is 10.1. The first-order valence-electron chi connectivity index (χ1n) is 4.44. The van der Waals surface area contributed by atoms with E-state index >= 15 is 0 Å². The summed E-state index contributed by atoms with van der Waals surface area (Å²) in [5.41, 5.74) is 0.833. The fraction of sp³-hybridized carbons (Fsp3) is 0.182. The molecule has 0 saturated heterocycles. The Morgan fingerprint density at radius 1 is 1.57 bits per heavy atom. The van der Waals surface area contributed by atoms with E-state index in [0.29, 0.717) is 12.5 Å². The van der Waals surface area contributed by atoms with Gasteiger partial charge in [0.25, 0.3) is 0 Å². The number of hydrogen-bond donors (Lipinski definition) is 0. The summed E-state index contributed by atoms with van der Waals surface area (Å²) in [4.78, 5) is 4.06. The fourth-order valence-corrected chi connectivity index (χ4v) is 1.22. The van der Waals surface area contributed by atoms with Crippen LogP contribution in [0.4, 0.5) is 0 Å². The Hall–Kier alpha value is -1.77. The van der Waals surface area contributed by atoms with Gasteiger partial charge in [0.15, 0.2) is 0 Å². The van der Waals surface area contributed by atoms with Gasteiger partial charge in [-0.25, -0.2) is 4.98 Å². The largest absolute Gasteiger partial charge is 0.493 e. The maximum atomic E-state index is 5.44. The molecule has 0 saturated carbocycles. The van der Waals surface area contributed by atoms with Crippen molar-refractivity contribution >= 4 is 0 Å². The zero-order valence-corrected chi connectivity index (χ0v) is 7.86. The van der Waals surface area contributed by atoms with Crippen LogP contribution >= 0.6 is 0 Å². The molecule has 0 aliphatic rings. The van der Waals surface area contributed by atoms with E-state index in [4.69, 9.17) is 9.15 Å². The molecule has 1 aromatic heterocycles. The predicted octanol–water partition coefficient (Wildman–Crippen LogP) is 2.54. The Kier molecular flexibility index (Phi) is 2.49. The van der Waals surface area contributed by atoms with Gasteiger partial charge < -0.3 is 9.15 Å². The van der Waals surface area contributed by atoms with Gasteiger partial charge in [-0.15, -0.1) is 0 Å². The van der Waals surface area contributed by atoms with E-state index in [2.05, 4.69) is 11.1 Å². The highest BCUT2D eigenvalue weighted by Gasteiger charge is 2.08. The van der Waals surface area contributed by atoms with Crippen molar-refractivity contribution in [3.05, 3.63) is 36.7 Å². The summed E-state index contributed by atoms with van der Waals surface area (Å²) in [7, 11) is 0. The first-order chi connectivity index (χ1) is 6.92. The van der Waals surface area contributed by atoms with Crippen molar-refractivity contribution in [3.8, 4) is 17.2 Å². The second-order valence-corrected chi connectivity index (χ2v) is 2.69. The summed E-state index contributed by atoms with van der Waals surface area (Å²) >= 11 is 0. The molecular formula is C11H10NO2. The van der Waals surface area contributed by atoms with Crippen molar-refractivity contribution in [1.82, 2.24) is 4.98 Å². The smallest absolute Gasteiger partial charge is 0.229 e. The Balaban J connectivity index is 2.42. The van der Waals surface area contributed by atoms with Crippen LogP contribution in [0.15, 0.2) is 35.1 Å². The molecule has 71 valence electrons. The van der Waals surface area contributed by atoms with Crippen LogP contribution in [-0.2, 0) is 0 Å². The number of ether oxygens (including phenoxy) is 1. The third-order valence-corrected chi connectivity index (χ3v) is 1.79. The summed E-state index contributed by atoms with van der Waals surface area (Å²) in [6.45, 7) is 2.56. The first-order valence-corrected chi connectivity index (χ1v) is 4.44. The predicted molar refractivity (Wildman–Crippen MR) is 51.9 cm³/mol. The summed E-state index contributed by atoms with van der Waals surface area (Å²) in [5, 5.41) is 0. The monoisotopic (exact) mass is 188 g/mol. The average Bonchev–Trinajstić information content (AvgIpc) is 2.72. The van der Waals surface area contributed by atoms with Gasteiger partial charge in [-0.2, -0.15) is 0 Å². The second-order valence-electron chi connectivity index (χ2n) is 2.69. The van der Waals surface area contributed by atoms with Gasteiger partial charge in [-0.05, 0) is 25.1 Å². The topological polar surface area (TPSA) is 35.3 Å². The Bertz CT molecular complexity index is 395. The van der Waals surface area contributed by atoms with Crippen LogP contribution < -0.4 is 4.74 Å². The van der Waals surface area contributed by atoms with E-state index in [-0.39, 0.29) is 0 Å². The van der Waals surface area contributed by atoms with E-state index < -0.39 is 0 Å². The second kappa shape index (κ2) is 3.96. The van der Waals surface area contributed by atoms with Crippen LogP contribution in [0.1, 0.15) is 6.92 Å². The summed E-state index contributed by atoms with van der Waals surface area (Å²) < 4.78 is 10.6. The molecule has 0 amide bonds. The maximum Gasteiger partial charge on any atom is 0.229 e. The standard InChI is InChI=1S/C11H10NO2/c1-2-13-10-6-4-3-5-9(10)11-12-7-8-14-11/h4-8H,2H2,1H3. The third kappa shape index (κ3) is 1.62. The molecule has 0 unspecified atom stereocenters. The minimum atomic E-state index is 0.560. The van der Waals surface area contributed by atoms with E-state index in [0.717, 1.165) is 11.3 Å². The minimum absolute atomic E-state index is 0.560. The highest BCUT2D eigenvalue weighted by Crippen LogP contribution is 2.27. The summed E-state index contributed by atoms with van der Waals surface area (Å²) in [6, 6.07) is 8.42. The Morgan fingerprint density at radius 3 is 3.21 bits per heavy atom.